The third-order valence-electron chi connectivity index (χ3n) is 3.46. The molecule has 0 saturated carbocycles. The molecule has 0 aliphatic heterocycles. The molecule has 0 fully saturated rings. The monoisotopic (exact) mass is 303 g/mol. The molecule has 6 heteroatoms. The third kappa shape index (κ3) is 4.74. The van der Waals surface area contributed by atoms with Gasteiger partial charge in [-0.05, 0) is 32.4 Å². The summed E-state index contributed by atoms with van der Waals surface area (Å²) in [5, 5.41) is 8.77. The van der Waals surface area contributed by atoms with Crippen molar-refractivity contribution in [1.29, 1.82) is 0 Å². The van der Waals surface area contributed by atoms with Crippen LogP contribution in [0, 0.1) is 0 Å². The fourth-order valence-corrected chi connectivity index (χ4v) is 2.42. The average molecular weight is 303 g/mol. The first-order valence-electron chi connectivity index (χ1n) is 6.78. The predicted molar refractivity (Wildman–Crippen MR) is 74.0 cm³/mol. The number of rotatable bonds is 6. The summed E-state index contributed by atoms with van der Waals surface area (Å²) in [5.74, 6) is -0.961. The normalized spacial score (nSPS) is 13.7. The number of nitrogens with zero attached hydrogens (tertiary/aromatic N) is 1. The van der Waals surface area contributed by atoms with E-state index in [1.165, 1.54) is 12.1 Å². The zero-order valence-electron chi connectivity index (χ0n) is 12.3. The predicted octanol–water partition coefficient (Wildman–Crippen LogP) is 3.95. The number of carboxylic acid groups (broad SMARTS) is 1. The van der Waals surface area contributed by atoms with E-state index in [0.717, 1.165) is 6.07 Å². The zero-order valence-corrected chi connectivity index (χ0v) is 12.3. The van der Waals surface area contributed by atoms with Crippen LogP contribution in [0.1, 0.15) is 44.4 Å². The van der Waals surface area contributed by atoms with Gasteiger partial charge in [-0.15, -0.1) is 0 Å². The van der Waals surface area contributed by atoms with Gasteiger partial charge in [-0.3, -0.25) is 9.69 Å². The van der Waals surface area contributed by atoms with Crippen LogP contribution < -0.4 is 0 Å². The van der Waals surface area contributed by atoms with Gasteiger partial charge in [0, 0.05) is 18.6 Å². The number of halogens is 3. The molecule has 118 valence electrons. The van der Waals surface area contributed by atoms with Gasteiger partial charge in [-0.2, -0.15) is 13.2 Å². The van der Waals surface area contributed by atoms with Crippen LogP contribution in [-0.4, -0.2) is 28.6 Å². The van der Waals surface area contributed by atoms with Gasteiger partial charge in [0.25, 0.3) is 0 Å². The number of carbonyl (C=O) groups is 1. The molecule has 1 rings (SSSR count). The van der Waals surface area contributed by atoms with Gasteiger partial charge in [-0.25, -0.2) is 0 Å². The second-order valence-corrected chi connectivity index (χ2v) is 5.24. The molecule has 0 radical (unpaired) electrons. The van der Waals surface area contributed by atoms with Gasteiger partial charge in [0.05, 0.1) is 12.0 Å². The maximum absolute atomic E-state index is 13.1. The Bertz CT molecular complexity index is 486. The van der Waals surface area contributed by atoms with E-state index in [-0.39, 0.29) is 24.6 Å². The summed E-state index contributed by atoms with van der Waals surface area (Å²) in [6, 6.07) is 4.86. The molecule has 0 spiro atoms. The Balaban J connectivity index is 3.09. The minimum absolute atomic E-state index is 0.0550. The molecule has 1 atom stereocenters. The van der Waals surface area contributed by atoms with E-state index >= 15 is 0 Å². The van der Waals surface area contributed by atoms with Crippen LogP contribution in [-0.2, 0) is 11.0 Å². The van der Waals surface area contributed by atoms with E-state index in [1.807, 2.05) is 13.8 Å². The highest BCUT2D eigenvalue weighted by Crippen LogP contribution is 2.36. The topological polar surface area (TPSA) is 40.5 Å². The number of hydrogen-bond acceptors (Lipinski definition) is 2. The van der Waals surface area contributed by atoms with E-state index in [2.05, 4.69) is 0 Å². The van der Waals surface area contributed by atoms with Crippen LogP contribution in [0.25, 0.3) is 0 Å². The third-order valence-corrected chi connectivity index (χ3v) is 3.46. The summed E-state index contributed by atoms with van der Waals surface area (Å²) < 4.78 is 39.2. The highest BCUT2D eigenvalue weighted by molar-refractivity contribution is 5.66. The number of benzene rings is 1. The highest BCUT2D eigenvalue weighted by atomic mass is 19.4. The van der Waals surface area contributed by atoms with Gasteiger partial charge in [0.1, 0.15) is 0 Å². The van der Waals surface area contributed by atoms with Gasteiger partial charge in [0.15, 0.2) is 0 Å². The first kappa shape index (κ1) is 17.5. The summed E-state index contributed by atoms with van der Waals surface area (Å²) in [7, 11) is 0. The first-order valence-corrected chi connectivity index (χ1v) is 6.78. The van der Waals surface area contributed by atoms with E-state index in [1.54, 1.807) is 17.9 Å². The molecule has 0 aliphatic rings. The van der Waals surface area contributed by atoms with Crippen molar-refractivity contribution >= 4 is 5.97 Å². The molecule has 21 heavy (non-hydrogen) atoms. The fourth-order valence-electron chi connectivity index (χ4n) is 2.42. The molecule has 0 saturated heterocycles. The highest BCUT2D eigenvalue weighted by Gasteiger charge is 2.35. The van der Waals surface area contributed by atoms with Crippen LogP contribution in [0.4, 0.5) is 13.2 Å². The molecular formula is C15H20F3NO2. The molecular weight excluding hydrogens is 283 g/mol. The molecule has 3 nitrogen and oxygen atoms in total. The largest absolute Gasteiger partial charge is 0.481 e. The van der Waals surface area contributed by atoms with E-state index in [0.29, 0.717) is 0 Å². The Morgan fingerprint density at radius 3 is 2.29 bits per heavy atom. The molecule has 0 bridgehead atoms. The summed E-state index contributed by atoms with van der Waals surface area (Å²) in [6.45, 7) is 5.57. The van der Waals surface area contributed by atoms with Crippen LogP contribution in [0.5, 0.6) is 0 Å². The molecule has 0 aromatic heterocycles. The summed E-state index contributed by atoms with van der Waals surface area (Å²) in [6.07, 6.45) is -4.52. The van der Waals surface area contributed by atoms with Crippen LogP contribution in [0.15, 0.2) is 24.3 Å². The quantitative estimate of drug-likeness (QED) is 0.865. The Morgan fingerprint density at radius 2 is 1.81 bits per heavy atom. The average Bonchev–Trinajstić information content (AvgIpc) is 2.37. The van der Waals surface area contributed by atoms with Gasteiger partial charge >= 0.3 is 12.1 Å². The van der Waals surface area contributed by atoms with E-state index in [4.69, 9.17) is 5.11 Å². The number of aliphatic carboxylic acids is 1. The Hall–Kier alpha value is -1.56. The first-order chi connectivity index (χ1) is 9.64. The van der Waals surface area contributed by atoms with Gasteiger partial charge in [-0.1, -0.05) is 18.2 Å². The molecule has 1 unspecified atom stereocenters. The lowest BCUT2D eigenvalue weighted by molar-refractivity contribution is -0.140. The Labute approximate surface area is 122 Å². The van der Waals surface area contributed by atoms with Crippen molar-refractivity contribution in [2.75, 3.05) is 6.54 Å². The lowest BCUT2D eigenvalue weighted by Crippen LogP contribution is -2.36. The number of carboxylic acids is 1. The van der Waals surface area contributed by atoms with Gasteiger partial charge < -0.3 is 5.11 Å². The summed E-state index contributed by atoms with van der Waals surface area (Å²) >= 11 is 0. The molecule has 0 amide bonds. The fraction of sp³-hybridized carbons (Fsp3) is 0.533. The maximum Gasteiger partial charge on any atom is 0.416 e. The molecule has 1 N–H and O–H groups in total. The van der Waals surface area contributed by atoms with Crippen molar-refractivity contribution in [3.8, 4) is 0 Å². The second kappa shape index (κ2) is 6.93. The SMILES string of the molecule is CC(C)N(CCC(=O)O)C(C)c1ccccc1C(F)(F)F. The zero-order chi connectivity index (χ0) is 16.2. The maximum atomic E-state index is 13.1. The van der Waals surface area contributed by atoms with Gasteiger partial charge in [0.2, 0.25) is 0 Å². The van der Waals surface area contributed by atoms with Crippen LogP contribution in [0.2, 0.25) is 0 Å². The van der Waals surface area contributed by atoms with Crippen molar-refractivity contribution in [1.82, 2.24) is 4.90 Å². The molecule has 1 aromatic rings. The lowest BCUT2D eigenvalue weighted by Gasteiger charge is -2.33. The molecule has 0 heterocycles. The van der Waals surface area contributed by atoms with Crippen molar-refractivity contribution in [3.05, 3.63) is 35.4 Å². The minimum atomic E-state index is -4.42. The second-order valence-electron chi connectivity index (χ2n) is 5.24. The van der Waals surface area contributed by atoms with E-state index < -0.39 is 23.8 Å². The van der Waals surface area contributed by atoms with Crippen LogP contribution >= 0.6 is 0 Å². The van der Waals surface area contributed by atoms with Crippen molar-refractivity contribution < 1.29 is 23.1 Å². The van der Waals surface area contributed by atoms with Crippen LogP contribution in [0.3, 0.4) is 0 Å². The van der Waals surface area contributed by atoms with Crippen molar-refractivity contribution in [2.45, 2.75) is 45.5 Å². The molecule has 1 aromatic carbocycles. The van der Waals surface area contributed by atoms with Crippen molar-refractivity contribution in [3.63, 3.8) is 0 Å². The van der Waals surface area contributed by atoms with Crippen molar-refractivity contribution in [2.24, 2.45) is 0 Å². The number of hydrogen-bond donors (Lipinski definition) is 1. The minimum Gasteiger partial charge on any atom is -0.481 e. The summed E-state index contributed by atoms with van der Waals surface area (Å²) in [5.41, 5.74) is -0.498. The number of alkyl halides is 3. The summed E-state index contributed by atoms with van der Waals surface area (Å²) in [4.78, 5) is 12.5. The lowest BCUT2D eigenvalue weighted by atomic mass is 9.98. The molecule has 0 aliphatic carbocycles. The van der Waals surface area contributed by atoms with E-state index in [9.17, 15) is 18.0 Å². The smallest absolute Gasteiger partial charge is 0.416 e. The Kier molecular flexibility index (Phi) is 5.78. The Morgan fingerprint density at radius 1 is 1.24 bits per heavy atom. The standard InChI is InChI=1S/C15H20F3NO2/c1-10(2)19(9-8-14(20)21)11(3)12-6-4-5-7-13(12)15(16,17)18/h4-7,10-11H,8-9H2,1-3H3,(H,20,21).